The maximum atomic E-state index is 12.4. The molecule has 0 radical (unpaired) electrons. The van der Waals surface area contributed by atoms with Crippen LogP contribution in [0.1, 0.15) is 24.3 Å². The van der Waals surface area contributed by atoms with Gasteiger partial charge in [0.15, 0.2) is 11.0 Å². The molecule has 0 aliphatic heterocycles. The van der Waals surface area contributed by atoms with Crippen molar-refractivity contribution >= 4 is 29.3 Å². The summed E-state index contributed by atoms with van der Waals surface area (Å²) < 4.78 is 7.29. The number of carbonyl (C=O) groups is 1. The molecule has 1 N–H and O–H groups in total. The average Bonchev–Trinajstić information content (AvgIpc) is 3.26. The minimum absolute atomic E-state index is 0.0818. The van der Waals surface area contributed by atoms with E-state index in [0.29, 0.717) is 22.5 Å². The predicted octanol–water partition coefficient (Wildman–Crippen LogP) is 4.66. The molecule has 1 unspecified atom stereocenters. The van der Waals surface area contributed by atoms with Gasteiger partial charge in [-0.3, -0.25) is 9.36 Å². The van der Waals surface area contributed by atoms with Crippen molar-refractivity contribution in [2.24, 2.45) is 0 Å². The van der Waals surface area contributed by atoms with E-state index < -0.39 is 0 Å². The average molecular weight is 417 g/mol. The molecule has 3 aromatic rings. The molecule has 1 atom stereocenters. The molecule has 0 bridgehead atoms. The molecule has 0 saturated carbocycles. The van der Waals surface area contributed by atoms with Crippen LogP contribution in [-0.2, 0) is 11.3 Å². The van der Waals surface area contributed by atoms with Crippen LogP contribution in [0.15, 0.2) is 58.8 Å². The second-order valence-corrected chi connectivity index (χ2v) is 7.60. The highest BCUT2D eigenvalue weighted by molar-refractivity contribution is 7.99. The molecule has 0 aliphatic carbocycles. The molecule has 0 fully saturated rings. The first-order valence-corrected chi connectivity index (χ1v) is 10.1. The molecule has 8 heteroatoms. The van der Waals surface area contributed by atoms with Crippen molar-refractivity contribution in [3.05, 3.63) is 65.6 Å². The van der Waals surface area contributed by atoms with E-state index >= 15 is 0 Å². The van der Waals surface area contributed by atoms with Gasteiger partial charge < -0.3 is 9.73 Å². The molecule has 0 aliphatic rings. The zero-order valence-electron chi connectivity index (χ0n) is 15.7. The van der Waals surface area contributed by atoms with Crippen LogP contribution < -0.4 is 5.32 Å². The second kappa shape index (κ2) is 9.12. The highest BCUT2D eigenvalue weighted by Gasteiger charge is 2.18. The molecule has 1 aromatic carbocycles. The number of allylic oxidation sites excluding steroid dienone is 1. The third-order valence-corrected chi connectivity index (χ3v) is 5.43. The molecule has 3 rings (SSSR count). The largest absolute Gasteiger partial charge is 0.469 e. The molecule has 28 heavy (non-hydrogen) atoms. The zero-order chi connectivity index (χ0) is 20.1. The van der Waals surface area contributed by atoms with E-state index in [0.717, 1.165) is 16.9 Å². The van der Waals surface area contributed by atoms with Crippen LogP contribution in [0, 0.1) is 6.92 Å². The molecule has 0 spiro atoms. The highest BCUT2D eigenvalue weighted by atomic mass is 35.5. The smallest absolute Gasteiger partial charge is 0.230 e. The summed E-state index contributed by atoms with van der Waals surface area (Å²) in [6.07, 6.45) is 3.39. The Labute approximate surface area is 173 Å². The minimum atomic E-state index is -0.111. The van der Waals surface area contributed by atoms with E-state index in [2.05, 4.69) is 22.1 Å². The molecule has 1 amide bonds. The van der Waals surface area contributed by atoms with Crippen molar-refractivity contribution in [3.8, 4) is 11.4 Å². The lowest BCUT2D eigenvalue weighted by molar-refractivity contribution is -0.119. The maximum absolute atomic E-state index is 12.4. The minimum Gasteiger partial charge on any atom is -0.469 e. The second-order valence-electron chi connectivity index (χ2n) is 6.23. The summed E-state index contributed by atoms with van der Waals surface area (Å²) in [7, 11) is 0. The summed E-state index contributed by atoms with van der Waals surface area (Å²) in [6, 6.07) is 9.17. The predicted molar refractivity (Wildman–Crippen MR) is 111 cm³/mol. The van der Waals surface area contributed by atoms with Crippen LogP contribution in [0.2, 0.25) is 5.02 Å². The van der Waals surface area contributed by atoms with Gasteiger partial charge in [0.2, 0.25) is 5.91 Å². The Morgan fingerprint density at radius 3 is 2.75 bits per heavy atom. The Morgan fingerprint density at radius 2 is 2.11 bits per heavy atom. The van der Waals surface area contributed by atoms with Gasteiger partial charge in [0, 0.05) is 11.6 Å². The Morgan fingerprint density at radius 1 is 1.36 bits per heavy atom. The SMILES string of the molecule is C=CCn1c(SCC(=O)NC(C)c2ccc(Cl)cc2)nnc1-c1ccoc1C. The number of rotatable bonds is 8. The van der Waals surface area contributed by atoms with Crippen molar-refractivity contribution in [3.63, 3.8) is 0 Å². The lowest BCUT2D eigenvalue weighted by Gasteiger charge is -2.14. The molecule has 2 heterocycles. The summed E-state index contributed by atoms with van der Waals surface area (Å²) in [5.74, 6) is 1.62. The number of amides is 1. The third-order valence-electron chi connectivity index (χ3n) is 4.21. The first kappa shape index (κ1) is 20.2. The number of nitrogens with one attached hydrogen (secondary N) is 1. The number of hydrogen-bond donors (Lipinski definition) is 1. The Balaban J connectivity index is 1.66. The number of benzene rings is 1. The van der Waals surface area contributed by atoms with Crippen LogP contribution in [0.25, 0.3) is 11.4 Å². The molecule has 2 aromatic heterocycles. The Kier molecular flexibility index (Phi) is 6.59. The summed E-state index contributed by atoms with van der Waals surface area (Å²) >= 11 is 7.25. The van der Waals surface area contributed by atoms with Gasteiger partial charge in [0.25, 0.3) is 0 Å². The number of carbonyl (C=O) groups excluding carboxylic acids is 1. The van der Waals surface area contributed by atoms with Crippen molar-refractivity contribution in [2.75, 3.05) is 5.75 Å². The van der Waals surface area contributed by atoms with Gasteiger partial charge >= 0.3 is 0 Å². The monoisotopic (exact) mass is 416 g/mol. The molecule has 146 valence electrons. The normalized spacial score (nSPS) is 12.0. The fourth-order valence-corrected chi connectivity index (χ4v) is 3.64. The number of halogens is 1. The van der Waals surface area contributed by atoms with E-state index in [1.807, 2.05) is 48.7 Å². The quantitative estimate of drug-likeness (QED) is 0.427. The lowest BCUT2D eigenvalue weighted by Crippen LogP contribution is -2.28. The molecular formula is C20H21ClN4O2S. The number of furan rings is 1. The maximum Gasteiger partial charge on any atom is 0.230 e. The van der Waals surface area contributed by atoms with Gasteiger partial charge in [-0.2, -0.15) is 0 Å². The number of hydrogen-bond acceptors (Lipinski definition) is 5. The number of aryl methyl sites for hydroxylation is 1. The van der Waals surface area contributed by atoms with Crippen LogP contribution in [0.4, 0.5) is 0 Å². The summed E-state index contributed by atoms with van der Waals surface area (Å²) in [5, 5.41) is 12.8. The van der Waals surface area contributed by atoms with E-state index in [-0.39, 0.29) is 17.7 Å². The van der Waals surface area contributed by atoms with Crippen LogP contribution >= 0.6 is 23.4 Å². The van der Waals surface area contributed by atoms with Crippen molar-refractivity contribution < 1.29 is 9.21 Å². The van der Waals surface area contributed by atoms with Crippen molar-refractivity contribution in [2.45, 2.75) is 31.6 Å². The van der Waals surface area contributed by atoms with Gasteiger partial charge in [-0.05, 0) is 37.6 Å². The van der Waals surface area contributed by atoms with Gasteiger partial charge in [-0.25, -0.2) is 0 Å². The van der Waals surface area contributed by atoms with Gasteiger partial charge in [-0.15, -0.1) is 16.8 Å². The van der Waals surface area contributed by atoms with Crippen LogP contribution in [0.3, 0.4) is 0 Å². The number of thioether (sulfide) groups is 1. The van der Waals surface area contributed by atoms with E-state index in [9.17, 15) is 4.79 Å². The molecule has 6 nitrogen and oxygen atoms in total. The van der Waals surface area contributed by atoms with Crippen LogP contribution in [-0.4, -0.2) is 26.4 Å². The summed E-state index contributed by atoms with van der Waals surface area (Å²) in [5.41, 5.74) is 1.87. The first-order chi connectivity index (χ1) is 13.5. The van der Waals surface area contributed by atoms with Gasteiger partial charge in [-0.1, -0.05) is 41.6 Å². The fourth-order valence-electron chi connectivity index (χ4n) is 2.75. The standard InChI is InChI=1S/C20H21ClN4O2S/c1-4-10-25-19(17-9-11-27-14(17)3)23-24-20(25)28-12-18(26)22-13(2)15-5-7-16(21)8-6-15/h4-9,11,13H,1,10,12H2,2-3H3,(H,22,26). The highest BCUT2D eigenvalue weighted by Crippen LogP contribution is 2.27. The number of aromatic nitrogens is 3. The van der Waals surface area contributed by atoms with Gasteiger partial charge in [0.1, 0.15) is 5.76 Å². The fraction of sp³-hybridized carbons (Fsp3) is 0.250. The first-order valence-electron chi connectivity index (χ1n) is 8.75. The molecule has 0 saturated heterocycles. The zero-order valence-corrected chi connectivity index (χ0v) is 17.3. The number of nitrogens with zero attached hydrogens (tertiary/aromatic N) is 3. The Hall–Kier alpha value is -2.51. The van der Waals surface area contributed by atoms with Gasteiger partial charge in [0.05, 0.1) is 23.6 Å². The summed E-state index contributed by atoms with van der Waals surface area (Å²) in [6.45, 7) is 8.15. The van der Waals surface area contributed by atoms with E-state index in [4.69, 9.17) is 16.0 Å². The van der Waals surface area contributed by atoms with Crippen molar-refractivity contribution in [1.29, 1.82) is 0 Å². The summed E-state index contributed by atoms with van der Waals surface area (Å²) in [4.78, 5) is 12.4. The lowest BCUT2D eigenvalue weighted by atomic mass is 10.1. The Bertz CT molecular complexity index is 965. The van der Waals surface area contributed by atoms with E-state index in [1.54, 1.807) is 12.3 Å². The third kappa shape index (κ3) is 4.66. The van der Waals surface area contributed by atoms with Crippen LogP contribution in [0.5, 0.6) is 0 Å². The van der Waals surface area contributed by atoms with Crippen molar-refractivity contribution in [1.82, 2.24) is 20.1 Å². The molecular weight excluding hydrogens is 396 g/mol. The van der Waals surface area contributed by atoms with E-state index in [1.165, 1.54) is 11.8 Å². The topological polar surface area (TPSA) is 73.0 Å².